The second-order valence-electron chi connectivity index (χ2n) is 5.05. The Morgan fingerprint density at radius 1 is 1.50 bits per heavy atom. The fraction of sp³-hybridized carbons (Fsp3) is 0.769. The summed E-state index contributed by atoms with van der Waals surface area (Å²) in [6.45, 7) is 6.41. The van der Waals surface area contributed by atoms with E-state index in [0.717, 1.165) is 19.0 Å². The lowest BCUT2D eigenvalue weighted by atomic mass is 9.87. The third-order valence-corrected chi connectivity index (χ3v) is 3.54. The van der Waals surface area contributed by atoms with E-state index in [9.17, 15) is 0 Å². The zero-order valence-corrected chi connectivity index (χ0v) is 10.4. The molecule has 3 nitrogen and oxygen atoms in total. The summed E-state index contributed by atoms with van der Waals surface area (Å²) in [5, 5.41) is 7.94. The van der Waals surface area contributed by atoms with Crippen molar-refractivity contribution in [3.05, 3.63) is 18.0 Å². The lowest BCUT2D eigenvalue weighted by Gasteiger charge is -2.27. The van der Waals surface area contributed by atoms with Gasteiger partial charge in [-0.15, -0.1) is 0 Å². The molecule has 2 rings (SSSR count). The monoisotopic (exact) mass is 221 g/mol. The standard InChI is InChI=1S/C13H23N3/c1-3-16-10-12(9-15-16)8-14-13-6-4-5-11(2)7-13/h9-11,13-14H,3-8H2,1-2H3. The number of aromatic nitrogens is 2. The van der Waals surface area contributed by atoms with Crippen molar-refractivity contribution < 1.29 is 0 Å². The van der Waals surface area contributed by atoms with E-state index in [0.29, 0.717) is 6.04 Å². The summed E-state index contributed by atoms with van der Waals surface area (Å²) in [6, 6.07) is 0.716. The molecule has 0 saturated heterocycles. The third-order valence-electron chi connectivity index (χ3n) is 3.54. The van der Waals surface area contributed by atoms with Gasteiger partial charge in [0, 0.05) is 30.9 Å². The first-order chi connectivity index (χ1) is 7.78. The largest absolute Gasteiger partial charge is 0.310 e. The molecule has 1 heterocycles. The maximum absolute atomic E-state index is 4.29. The first-order valence-corrected chi connectivity index (χ1v) is 6.52. The van der Waals surface area contributed by atoms with Gasteiger partial charge in [0.1, 0.15) is 0 Å². The molecule has 0 spiro atoms. The highest BCUT2D eigenvalue weighted by Crippen LogP contribution is 2.23. The summed E-state index contributed by atoms with van der Waals surface area (Å²) in [7, 11) is 0. The number of nitrogens with one attached hydrogen (secondary N) is 1. The Balaban J connectivity index is 1.78. The predicted molar refractivity (Wildman–Crippen MR) is 66.2 cm³/mol. The van der Waals surface area contributed by atoms with Crippen LogP contribution in [0.3, 0.4) is 0 Å². The van der Waals surface area contributed by atoms with E-state index >= 15 is 0 Å². The molecule has 1 saturated carbocycles. The molecule has 0 bridgehead atoms. The van der Waals surface area contributed by atoms with E-state index in [1.807, 2.05) is 10.9 Å². The molecule has 3 heteroatoms. The molecule has 0 aromatic carbocycles. The Morgan fingerprint density at radius 2 is 2.38 bits per heavy atom. The van der Waals surface area contributed by atoms with Gasteiger partial charge in [0.25, 0.3) is 0 Å². The normalized spacial score (nSPS) is 25.9. The summed E-state index contributed by atoms with van der Waals surface area (Å²) in [4.78, 5) is 0. The van der Waals surface area contributed by atoms with Crippen molar-refractivity contribution >= 4 is 0 Å². The van der Waals surface area contributed by atoms with Crippen LogP contribution in [-0.4, -0.2) is 15.8 Å². The Kier molecular flexibility index (Phi) is 3.99. The molecule has 0 radical (unpaired) electrons. The number of aryl methyl sites for hydroxylation is 1. The molecule has 1 aliphatic rings. The average molecular weight is 221 g/mol. The zero-order valence-electron chi connectivity index (χ0n) is 10.4. The van der Waals surface area contributed by atoms with Crippen LogP contribution >= 0.6 is 0 Å². The van der Waals surface area contributed by atoms with Crippen molar-refractivity contribution in [2.24, 2.45) is 5.92 Å². The van der Waals surface area contributed by atoms with Crippen molar-refractivity contribution in [2.45, 2.75) is 58.7 Å². The van der Waals surface area contributed by atoms with Crippen LogP contribution in [-0.2, 0) is 13.1 Å². The number of hydrogen-bond donors (Lipinski definition) is 1. The molecular formula is C13H23N3. The summed E-state index contributed by atoms with van der Waals surface area (Å²) < 4.78 is 1.99. The molecule has 0 amide bonds. The van der Waals surface area contributed by atoms with Gasteiger partial charge in [-0.25, -0.2) is 0 Å². The van der Waals surface area contributed by atoms with Gasteiger partial charge in [-0.05, 0) is 25.7 Å². The van der Waals surface area contributed by atoms with Crippen molar-refractivity contribution in [2.75, 3.05) is 0 Å². The zero-order chi connectivity index (χ0) is 11.4. The molecule has 0 aliphatic heterocycles. The summed E-state index contributed by atoms with van der Waals surface area (Å²) in [5.74, 6) is 0.893. The molecule has 2 atom stereocenters. The summed E-state index contributed by atoms with van der Waals surface area (Å²) >= 11 is 0. The maximum atomic E-state index is 4.29. The first kappa shape index (κ1) is 11.6. The lowest BCUT2D eigenvalue weighted by molar-refractivity contribution is 0.300. The van der Waals surface area contributed by atoms with Crippen LogP contribution in [0.15, 0.2) is 12.4 Å². The minimum absolute atomic E-state index is 0.716. The number of rotatable bonds is 4. The van der Waals surface area contributed by atoms with Crippen molar-refractivity contribution in [3.8, 4) is 0 Å². The second kappa shape index (κ2) is 5.48. The Bertz CT molecular complexity index is 319. The van der Waals surface area contributed by atoms with Crippen molar-refractivity contribution in [1.82, 2.24) is 15.1 Å². The Hall–Kier alpha value is -0.830. The topological polar surface area (TPSA) is 29.9 Å². The third kappa shape index (κ3) is 3.08. The SMILES string of the molecule is CCn1cc(CNC2CCCC(C)C2)cn1. The van der Waals surface area contributed by atoms with Crippen LogP contribution in [0, 0.1) is 5.92 Å². The van der Waals surface area contributed by atoms with Crippen LogP contribution in [0.25, 0.3) is 0 Å². The Labute approximate surface area is 98.2 Å². The van der Waals surface area contributed by atoms with Crippen molar-refractivity contribution in [1.29, 1.82) is 0 Å². The summed E-state index contributed by atoms with van der Waals surface area (Å²) in [5.41, 5.74) is 1.31. The first-order valence-electron chi connectivity index (χ1n) is 6.52. The highest BCUT2D eigenvalue weighted by molar-refractivity contribution is 5.03. The van der Waals surface area contributed by atoms with E-state index in [-0.39, 0.29) is 0 Å². The molecule has 1 fully saturated rings. The van der Waals surface area contributed by atoms with Crippen molar-refractivity contribution in [3.63, 3.8) is 0 Å². The van der Waals surface area contributed by atoms with Crippen LogP contribution in [0.1, 0.15) is 45.1 Å². The molecule has 1 aromatic heterocycles. The fourth-order valence-electron chi connectivity index (χ4n) is 2.55. The minimum atomic E-state index is 0.716. The highest BCUT2D eigenvalue weighted by atomic mass is 15.3. The minimum Gasteiger partial charge on any atom is -0.310 e. The predicted octanol–water partition coefficient (Wildman–Crippen LogP) is 2.57. The van der Waals surface area contributed by atoms with Gasteiger partial charge in [-0.3, -0.25) is 4.68 Å². The van der Waals surface area contributed by atoms with Gasteiger partial charge < -0.3 is 5.32 Å². The van der Waals surface area contributed by atoms with Gasteiger partial charge in [0.05, 0.1) is 6.20 Å². The van der Waals surface area contributed by atoms with Crippen LogP contribution in [0.5, 0.6) is 0 Å². The maximum Gasteiger partial charge on any atom is 0.0534 e. The van der Waals surface area contributed by atoms with Gasteiger partial charge in [-0.2, -0.15) is 5.10 Å². The molecule has 1 N–H and O–H groups in total. The van der Waals surface area contributed by atoms with E-state index in [1.54, 1.807) is 0 Å². The van der Waals surface area contributed by atoms with Gasteiger partial charge in [0.2, 0.25) is 0 Å². The quantitative estimate of drug-likeness (QED) is 0.847. The van der Waals surface area contributed by atoms with E-state index in [4.69, 9.17) is 0 Å². The highest BCUT2D eigenvalue weighted by Gasteiger charge is 2.18. The van der Waals surface area contributed by atoms with Gasteiger partial charge in [-0.1, -0.05) is 19.8 Å². The van der Waals surface area contributed by atoms with Crippen LogP contribution in [0.4, 0.5) is 0 Å². The van der Waals surface area contributed by atoms with E-state index in [1.165, 1.54) is 31.2 Å². The molecule has 16 heavy (non-hydrogen) atoms. The van der Waals surface area contributed by atoms with Gasteiger partial charge in [0.15, 0.2) is 0 Å². The van der Waals surface area contributed by atoms with Gasteiger partial charge >= 0.3 is 0 Å². The van der Waals surface area contributed by atoms with E-state index < -0.39 is 0 Å². The number of hydrogen-bond acceptors (Lipinski definition) is 2. The smallest absolute Gasteiger partial charge is 0.0534 e. The summed E-state index contributed by atoms with van der Waals surface area (Å²) in [6.07, 6.45) is 9.58. The molecule has 1 aliphatic carbocycles. The molecular weight excluding hydrogens is 198 g/mol. The molecule has 2 unspecified atom stereocenters. The fourth-order valence-corrected chi connectivity index (χ4v) is 2.55. The molecule has 90 valence electrons. The molecule has 1 aromatic rings. The van der Waals surface area contributed by atoms with Crippen LogP contribution < -0.4 is 5.32 Å². The second-order valence-corrected chi connectivity index (χ2v) is 5.05. The van der Waals surface area contributed by atoms with E-state index in [2.05, 4.69) is 30.5 Å². The number of nitrogens with zero attached hydrogens (tertiary/aromatic N) is 2. The van der Waals surface area contributed by atoms with Crippen LogP contribution in [0.2, 0.25) is 0 Å². The lowest BCUT2D eigenvalue weighted by Crippen LogP contribution is -2.32. The Morgan fingerprint density at radius 3 is 3.06 bits per heavy atom. The average Bonchev–Trinajstić information content (AvgIpc) is 2.74.